The molecule has 6 rings (SSSR count). The minimum absolute atomic E-state index is 0. The maximum atomic E-state index is 11.8. The molecule has 3 heterocycles. The Balaban J connectivity index is 0.00000323. The molecule has 1 aromatic heterocycles. The van der Waals surface area contributed by atoms with Gasteiger partial charge < -0.3 is 55.1 Å². The summed E-state index contributed by atoms with van der Waals surface area (Å²) in [6, 6.07) is 8.59. The van der Waals surface area contributed by atoms with Crippen molar-refractivity contribution in [3.05, 3.63) is 57.5 Å². The Bertz CT molecular complexity index is 1640. The molecule has 1 fully saturated rings. The third-order valence-corrected chi connectivity index (χ3v) is 8.85. The number of hydrogen-bond acceptors (Lipinski definition) is 7. The zero-order valence-electron chi connectivity index (χ0n) is 23.3. The number of nitrogens with zero attached hydrogens (tertiary/aromatic N) is 4. The SMILES string of the molecule is COc1cc2c3c(c4cc(OC)c(OC)cc4c2cc1OC)C[N+]1(Cc2c([N+](=O)[O-])ncn2C)CCC[C@@H]1C3.[Br-]. The van der Waals surface area contributed by atoms with Crippen LogP contribution < -0.4 is 35.9 Å². The van der Waals surface area contributed by atoms with Crippen LogP contribution in [0.15, 0.2) is 30.6 Å². The minimum atomic E-state index is -0.365. The number of aryl methyl sites for hydroxylation is 1. The Kier molecular flexibility index (Phi) is 7.30. The van der Waals surface area contributed by atoms with Crippen molar-refractivity contribution in [2.24, 2.45) is 7.05 Å². The quantitative estimate of drug-likeness (QED) is 0.136. The van der Waals surface area contributed by atoms with Crippen LogP contribution in [0.5, 0.6) is 23.0 Å². The average Bonchev–Trinajstić information content (AvgIpc) is 3.53. The van der Waals surface area contributed by atoms with Gasteiger partial charge in [-0.3, -0.25) is 0 Å². The predicted molar refractivity (Wildman–Crippen MR) is 147 cm³/mol. The van der Waals surface area contributed by atoms with E-state index >= 15 is 0 Å². The third-order valence-electron chi connectivity index (χ3n) is 8.85. The molecule has 1 saturated heterocycles. The van der Waals surface area contributed by atoms with Crippen molar-refractivity contribution in [2.75, 3.05) is 35.0 Å². The summed E-state index contributed by atoms with van der Waals surface area (Å²) in [6.07, 6.45) is 4.57. The summed E-state index contributed by atoms with van der Waals surface area (Å²) in [5.74, 6) is 2.64. The number of nitro groups is 1. The van der Waals surface area contributed by atoms with Crippen LogP contribution in [0, 0.1) is 10.1 Å². The smallest absolute Gasteiger partial charge is 0.390 e. The highest BCUT2D eigenvalue weighted by atomic mass is 79.9. The van der Waals surface area contributed by atoms with E-state index in [4.69, 9.17) is 18.9 Å². The Morgan fingerprint density at radius 3 is 1.98 bits per heavy atom. The van der Waals surface area contributed by atoms with Crippen LogP contribution in [0.1, 0.15) is 29.7 Å². The Morgan fingerprint density at radius 2 is 1.45 bits per heavy atom. The van der Waals surface area contributed by atoms with Gasteiger partial charge in [-0.25, -0.2) is 0 Å². The fraction of sp³-hybridized carbons (Fsp3) is 0.414. The van der Waals surface area contributed by atoms with E-state index in [2.05, 4.69) is 17.1 Å². The molecular formula is C29H33BrN4O6. The molecule has 1 unspecified atom stereocenters. The van der Waals surface area contributed by atoms with Crippen molar-refractivity contribution >= 4 is 27.4 Å². The first-order valence-electron chi connectivity index (χ1n) is 13.1. The molecule has 0 spiro atoms. The average molecular weight is 614 g/mol. The number of hydrogen-bond donors (Lipinski definition) is 0. The van der Waals surface area contributed by atoms with Gasteiger partial charge in [-0.05, 0) is 61.3 Å². The van der Waals surface area contributed by atoms with Crippen molar-refractivity contribution in [1.82, 2.24) is 9.55 Å². The fourth-order valence-corrected chi connectivity index (χ4v) is 6.93. The molecule has 2 atom stereocenters. The van der Waals surface area contributed by atoms with E-state index < -0.39 is 0 Å². The zero-order chi connectivity index (χ0) is 27.5. The molecule has 2 aliphatic rings. The summed E-state index contributed by atoms with van der Waals surface area (Å²) in [5.41, 5.74) is 3.21. The van der Waals surface area contributed by atoms with Crippen LogP contribution in [0.25, 0.3) is 21.5 Å². The molecule has 3 aromatic carbocycles. The van der Waals surface area contributed by atoms with Gasteiger partial charge in [0.05, 0.1) is 41.0 Å². The molecular weight excluding hydrogens is 580 g/mol. The van der Waals surface area contributed by atoms with E-state index in [-0.39, 0.29) is 27.7 Å². The molecule has 0 amide bonds. The normalized spacial score (nSPS) is 19.6. The van der Waals surface area contributed by atoms with E-state index in [1.807, 2.05) is 19.2 Å². The molecule has 212 valence electrons. The Morgan fingerprint density at radius 1 is 0.925 bits per heavy atom. The molecule has 0 saturated carbocycles. The first-order valence-corrected chi connectivity index (χ1v) is 13.1. The molecule has 0 radical (unpaired) electrons. The molecule has 0 bridgehead atoms. The first-order chi connectivity index (χ1) is 18.8. The summed E-state index contributed by atoms with van der Waals surface area (Å²) in [7, 11) is 8.44. The topological polar surface area (TPSA) is 97.9 Å². The van der Waals surface area contributed by atoms with E-state index in [0.717, 1.165) is 58.4 Å². The summed E-state index contributed by atoms with van der Waals surface area (Å²) in [5, 5.41) is 16.2. The van der Waals surface area contributed by atoms with Gasteiger partial charge in [0.2, 0.25) is 6.33 Å². The highest BCUT2D eigenvalue weighted by Crippen LogP contribution is 2.49. The number of imidazole rings is 1. The lowest BCUT2D eigenvalue weighted by molar-refractivity contribution is -0.966. The van der Waals surface area contributed by atoms with Gasteiger partial charge in [-0.2, -0.15) is 0 Å². The maximum absolute atomic E-state index is 11.8. The third kappa shape index (κ3) is 4.14. The summed E-state index contributed by atoms with van der Waals surface area (Å²) in [4.78, 5) is 15.5. The van der Waals surface area contributed by atoms with Gasteiger partial charge in [-0.1, -0.05) is 0 Å². The van der Waals surface area contributed by atoms with Gasteiger partial charge in [0, 0.05) is 31.9 Å². The van der Waals surface area contributed by atoms with E-state index in [0.29, 0.717) is 41.3 Å². The second kappa shape index (κ2) is 10.4. The van der Waals surface area contributed by atoms with Crippen molar-refractivity contribution < 1.29 is 45.3 Å². The molecule has 4 aromatic rings. The molecule has 10 nitrogen and oxygen atoms in total. The monoisotopic (exact) mass is 612 g/mol. The maximum Gasteiger partial charge on any atom is 0.390 e. The second-order valence-corrected chi connectivity index (χ2v) is 10.6. The fourth-order valence-electron chi connectivity index (χ4n) is 6.93. The minimum Gasteiger partial charge on any atom is -1.00 e. The lowest BCUT2D eigenvalue weighted by Crippen LogP contribution is -3.00. The van der Waals surface area contributed by atoms with Gasteiger partial charge in [-0.15, -0.1) is 0 Å². The molecule has 0 aliphatic carbocycles. The second-order valence-electron chi connectivity index (χ2n) is 10.6. The summed E-state index contributed by atoms with van der Waals surface area (Å²) in [6.45, 7) is 2.29. The Hall–Kier alpha value is -3.57. The van der Waals surface area contributed by atoms with Crippen LogP contribution in [0.2, 0.25) is 0 Å². The number of fused-ring (bicyclic) bond motifs is 7. The number of quaternary nitrogens is 1. The predicted octanol–water partition coefficient (Wildman–Crippen LogP) is 1.91. The highest BCUT2D eigenvalue weighted by molar-refractivity contribution is 6.12. The summed E-state index contributed by atoms with van der Waals surface area (Å²) >= 11 is 0. The van der Waals surface area contributed by atoms with Crippen LogP contribution in [0.4, 0.5) is 5.82 Å². The van der Waals surface area contributed by atoms with Gasteiger partial charge in [0.15, 0.2) is 28.7 Å². The number of aromatic nitrogens is 2. The van der Waals surface area contributed by atoms with Crippen molar-refractivity contribution in [3.8, 4) is 23.0 Å². The molecule has 0 N–H and O–H groups in total. The first kappa shape index (κ1) is 28.0. The number of methoxy groups -OCH3 is 4. The van der Waals surface area contributed by atoms with Gasteiger partial charge >= 0.3 is 5.82 Å². The largest absolute Gasteiger partial charge is 1.00 e. The number of rotatable bonds is 7. The Labute approximate surface area is 242 Å². The van der Waals surface area contributed by atoms with Crippen molar-refractivity contribution in [3.63, 3.8) is 0 Å². The van der Waals surface area contributed by atoms with Crippen LogP contribution in [-0.2, 0) is 26.6 Å². The molecule has 11 heteroatoms. The van der Waals surface area contributed by atoms with Crippen molar-refractivity contribution in [1.29, 1.82) is 0 Å². The summed E-state index contributed by atoms with van der Waals surface area (Å²) < 4.78 is 25.4. The van der Waals surface area contributed by atoms with Crippen LogP contribution >= 0.6 is 0 Å². The zero-order valence-corrected chi connectivity index (χ0v) is 24.9. The highest BCUT2D eigenvalue weighted by Gasteiger charge is 2.48. The van der Waals surface area contributed by atoms with Crippen molar-refractivity contribution in [2.45, 2.75) is 38.4 Å². The van der Waals surface area contributed by atoms with E-state index in [1.165, 1.54) is 11.1 Å². The van der Waals surface area contributed by atoms with Gasteiger partial charge in [0.1, 0.15) is 13.1 Å². The number of halogens is 1. The molecule has 40 heavy (non-hydrogen) atoms. The lowest BCUT2D eigenvalue weighted by atomic mass is 9.83. The van der Waals surface area contributed by atoms with Gasteiger partial charge in [0.25, 0.3) is 0 Å². The van der Waals surface area contributed by atoms with Crippen LogP contribution in [0.3, 0.4) is 0 Å². The van der Waals surface area contributed by atoms with E-state index in [1.54, 1.807) is 39.3 Å². The molecule has 2 aliphatic heterocycles. The number of benzene rings is 3. The van der Waals surface area contributed by atoms with E-state index in [9.17, 15) is 10.1 Å². The standard InChI is InChI=1S/C29H33N4O6.BrH/c1-31-16-30-29(32(34)35)24(31)15-33-8-6-7-17(33)9-18-19-10-25(36-2)26(37-3)11-20(19)21-12-27(38-4)28(39-5)13-22(21)23(18)14-33;/h10-13,16-17H,6-9,14-15H2,1-5H3;1H/q+1;/p-1/t17-,33?;/m1./s1. The number of ether oxygens (including phenoxy) is 4. The van der Waals surface area contributed by atoms with Crippen LogP contribution in [-0.4, -0.2) is 60.0 Å². The lowest BCUT2D eigenvalue weighted by Gasteiger charge is -2.44.